The molecule has 0 heterocycles. The Morgan fingerprint density at radius 3 is 2.53 bits per heavy atom. The monoisotopic (exact) mass is 248 g/mol. The van der Waals surface area contributed by atoms with Crippen molar-refractivity contribution >= 4 is 23.5 Å². The van der Waals surface area contributed by atoms with E-state index in [1.54, 1.807) is 0 Å². The minimum atomic E-state index is -0.198. The Morgan fingerprint density at radius 2 is 1.88 bits per heavy atom. The standard InChI is InChI=1S/C15H17ClO/c1-15(2)9-3-4-12(14(15)17)10-11-5-7-13(16)8-6-11/h5-8,10H,3-4,9H2,1-2H3/b12-10+. The molecule has 1 aliphatic rings. The maximum absolute atomic E-state index is 12.2. The fraction of sp³-hybridized carbons (Fsp3) is 0.400. The van der Waals surface area contributed by atoms with E-state index in [1.165, 1.54) is 0 Å². The van der Waals surface area contributed by atoms with E-state index in [1.807, 2.05) is 44.2 Å². The summed E-state index contributed by atoms with van der Waals surface area (Å²) in [6, 6.07) is 7.60. The van der Waals surface area contributed by atoms with Gasteiger partial charge in [0.1, 0.15) is 0 Å². The van der Waals surface area contributed by atoms with Crippen molar-refractivity contribution in [2.24, 2.45) is 5.41 Å². The summed E-state index contributed by atoms with van der Waals surface area (Å²) in [5.74, 6) is 0.290. The molecule has 0 spiro atoms. The van der Waals surface area contributed by atoms with Crippen LogP contribution in [0.3, 0.4) is 0 Å². The van der Waals surface area contributed by atoms with Crippen LogP contribution in [0.5, 0.6) is 0 Å². The predicted molar refractivity (Wildman–Crippen MR) is 72.1 cm³/mol. The summed E-state index contributed by atoms with van der Waals surface area (Å²) < 4.78 is 0. The summed E-state index contributed by atoms with van der Waals surface area (Å²) >= 11 is 5.84. The van der Waals surface area contributed by atoms with Crippen LogP contribution < -0.4 is 0 Å². The van der Waals surface area contributed by atoms with Crippen molar-refractivity contribution in [2.45, 2.75) is 33.1 Å². The summed E-state index contributed by atoms with van der Waals surface area (Å²) in [5.41, 5.74) is 1.80. The van der Waals surface area contributed by atoms with E-state index >= 15 is 0 Å². The molecule has 1 aliphatic carbocycles. The number of carbonyl (C=O) groups excluding carboxylic acids is 1. The van der Waals surface area contributed by atoms with E-state index in [0.29, 0.717) is 5.78 Å². The fourth-order valence-electron chi connectivity index (χ4n) is 2.28. The van der Waals surface area contributed by atoms with Crippen molar-refractivity contribution in [1.82, 2.24) is 0 Å². The predicted octanol–water partition coefficient (Wildman–Crippen LogP) is 4.50. The topological polar surface area (TPSA) is 17.1 Å². The van der Waals surface area contributed by atoms with Gasteiger partial charge in [0.15, 0.2) is 5.78 Å². The minimum absolute atomic E-state index is 0.198. The first-order valence-corrected chi connectivity index (χ1v) is 6.38. The van der Waals surface area contributed by atoms with Crippen molar-refractivity contribution in [2.75, 3.05) is 0 Å². The molecule has 0 unspecified atom stereocenters. The van der Waals surface area contributed by atoms with Gasteiger partial charge in [-0.3, -0.25) is 4.79 Å². The Balaban J connectivity index is 2.27. The number of hydrogen-bond donors (Lipinski definition) is 0. The molecule has 90 valence electrons. The van der Waals surface area contributed by atoms with Crippen molar-refractivity contribution in [3.05, 3.63) is 40.4 Å². The second-order valence-corrected chi connectivity index (χ2v) is 5.72. The van der Waals surface area contributed by atoms with Crippen LogP contribution in [0.1, 0.15) is 38.7 Å². The summed E-state index contributed by atoms with van der Waals surface area (Å²) in [4.78, 5) is 12.2. The van der Waals surface area contributed by atoms with Gasteiger partial charge in [0.05, 0.1) is 0 Å². The van der Waals surface area contributed by atoms with Crippen LogP contribution >= 0.6 is 11.6 Å². The molecule has 0 atom stereocenters. The third-order valence-electron chi connectivity index (χ3n) is 3.37. The summed E-state index contributed by atoms with van der Waals surface area (Å²) in [6.07, 6.45) is 4.98. The first kappa shape index (κ1) is 12.4. The molecule has 0 amide bonds. The van der Waals surface area contributed by atoms with E-state index in [-0.39, 0.29) is 5.41 Å². The maximum atomic E-state index is 12.2. The van der Waals surface area contributed by atoms with E-state index in [2.05, 4.69) is 0 Å². The molecule has 2 rings (SSSR count). The number of hydrogen-bond acceptors (Lipinski definition) is 1. The smallest absolute Gasteiger partial charge is 0.164 e. The average Bonchev–Trinajstić information content (AvgIpc) is 2.28. The molecule has 1 aromatic carbocycles. The van der Waals surface area contributed by atoms with E-state index in [4.69, 9.17) is 11.6 Å². The van der Waals surface area contributed by atoms with Crippen LogP contribution in [0.2, 0.25) is 5.02 Å². The van der Waals surface area contributed by atoms with Crippen LogP contribution in [0, 0.1) is 5.41 Å². The quantitative estimate of drug-likeness (QED) is 0.669. The van der Waals surface area contributed by atoms with Crippen molar-refractivity contribution in [3.63, 3.8) is 0 Å². The van der Waals surface area contributed by atoms with E-state index in [0.717, 1.165) is 35.4 Å². The molecular formula is C15H17ClO. The van der Waals surface area contributed by atoms with Gasteiger partial charge in [-0.15, -0.1) is 0 Å². The highest BCUT2D eigenvalue weighted by atomic mass is 35.5. The Hall–Kier alpha value is -1.08. The van der Waals surface area contributed by atoms with Crippen LogP contribution in [0.25, 0.3) is 6.08 Å². The van der Waals surface area contributed by atoms with Crippen molar-refractivity contribution < 1.29 is 4.79 Å². The molecule has 0 aliphatic heterocycles. The Morgan fingerprint density at radius 1 is 1.24 bits per heavy atom. The SMILES string of the molecule is CC1(C)CCC/C(=C\c2ccc(Cl)cc2)C1=O. The molecule has 0 saturated heterocycles. The molecule has 0 N–H and O–H groups in total. The van der Waals surface area contributed by atoms with Crippen LogP contribution in [-0.2, 0) is 4.79 Å². The molecule has 0 bridgehead atoms. The number of ketones is 1. The zero-order valence-corrected chi connectivity index (χ0v) is 11.1. The zero-order valence-electron chi connectivity index (χ0n) is 10.3. The van der Waals surface area contributed by atoms with Gasteiger partial charge in [0.2, 0.25) is 0 Å². The molecule has 1 aromatic rings. The zero-order chi connectivity index (χ0) is 12.5. The van der Waals surface area contributed by atoms with Gasteiger partial charge in [-0.1, -0.05) is 37.6 Å². The van der Waals surface area contributed by atoms with Gasteiger partial charge in [0.25, 0.3) is 0 Å². The number of halogens is 1. The molecule has 0 aromatic heterocycles. The Bertz CT molecular complexity index is 454. The second-order valence-electron chi connectivity index (χ2n) is 5.29. The fourth-order valence-corrected chi connectivity index (χ4v) is 2.41. The number of allylic oxidation sites excluding steroid dienone is 1. The number of rotatable bonds is 1. The molecule has 17 heavy (non-hydrogen) atoms. The van der Waals surface area contributed by atoms with Gasteiger partial charge in [-0.2, -0.15) is 0 Å². The van der Waals surface area contributed by atoms with Gasteiger partial charge < -0.3 is 0 Å². The number of carbonyl (C=O) groups is 1. The molecule has 1 nitrogen and oxygen atoms in total. The van der Waals surface area contributed by atoms with Gasteiger partial charge in [0, 0.05) is 10.4 Å². The van der Waals surface area contributed by atoms with Gasteiger partial charge in [-0.25, -0.2) is 0 Å². The number of Topliss-reactive ketones (excluding diaryl/α,β-unsaturated/α-hetero) is 1. The maximum Gasteiger partial charge on any atom is 0.164 e. The first-order valence-electron chi connectivity index (χ1n) is 6.00. The summed E-state index contributed by atoms with van der Waals surface area (Å²) in [5, 5.41) is 0.724. The third kappa shape index (κ3) is 2.78. The van der Waals surface area contributed by atoms with Gasteiger partial charge in [-0.05, 0) is 48.6 Å². The lowest BCUT2D eigenvalue weighted by Gasteiger charge is -2.29. The first-order chi connectivity index (χ1) is 7.99. The van der Waals surface area contributed by atoms with Gasteiger partial charge >= 0.3 is 0 Å². The number of benzene rings is 1. The largest absolute Gasteiger partial charge is 0.294 e. The molecule has 1 saturated carbocycles. The minimum Gasteiger partial charge on any atom is -0.294 e. The van der Waals surface area contributed by atoms with Crippen molar-refractivity contribution in [1.29, 1.82) is 0 Å². The molecule has 0 radical (unpaired) electrons. The lowest BCUT2D eigenvalue weighted by molar-refractivity contribution is -0.124. The lowest BCUT2D eigenvalue weighted by Crippen LogP contribution is -2.29. The normalized spacial score (nSPS) is 21.8. The second kappa shape index (κ2) is 4.66. The average molecular weight is 249 g/mol. The lowest BCUT2D eigenvalue weighted by atomic mass is 9.73. The van der Waals surface area contributed by atoms with Crippen molar-refractivity contribution in [3.8, 4) is 0 Å². The van der Waals surface area contributed by atoms with Crippen LogP contribution in [-0.4, -0.2) is 5.78 Å². The summed E-state index contributed by atoms with van der Waals surface area (Å²) in [7, 11) is 0. The van der Waals surface area contributed by atoms with Crippen LogP contribution in [0.4, 0.5) is 0 Å². The van der Waals surface area contributed by atoms with E-state index in [9.17, 15) is 4.79 Å². The Kier molecular flexibility index (Phi) is 3.39. The summed E-state index contributed by atoms with van der Waals surface area (Å²) in [6.45, 7) is 4.06. The molecular weight excluding hydrogens is 232 g/mol. The highest BCUT2D eigenvalue weighted by molar-refractivity contribution is 6.30. The molecule has 2 heteroatoms. The molecule has 1 fully saturated rings. The van der Waals surface area contributed by atoms with Crippen LogP contribution in [0.15, 0.2) is 29.8 Å². The highest BCUT2D eigenvalue weighted by Crippen LogP contribution is 2.35. The third-order valence-corrected chi connectivity index (χ3v) is 3.62. The van der Waals surface area contributed by atoms with E-state index < -0.39 is 0 Å². The highest BCUT2D eigenvalue weighted by Gasteiger charge is 2.33. The Labute approximate surface area is 107 Å².